The molecule has 0 bridgehead atoms. The van der Waals surface area contributed by atoms with Crippen LogP contribution in [0.4, 0.5) is 13.2 Å². The van der Waals surface area contributed by atoms with Gasteiger partial charge in [-0.15, -0.1) is 0 Å². The molecule has 0 spiro atoms. The number of benzene rings is 1. The first-order valence-electron chi connectivity index (χ1n) is 11.6. The molecule has 196 valence electrons. The number of alkyl halides is 3. The third kappa shape index (κ3) is 8.33. The molecule has 8 nitrogen and oxygen atoms in total. The van der Waals surface area contributed by atoms with E-state index < -0.39 is 12.0 Å². The van der Waals surface area contributed by atoms with E-state index in [2.05, 4.69) is 15.1 Å². The molecule has 1 aromatic carbocycles. The monoisotopic (exact) mass is 508 g/mol. The SMILES string of the molecule is CC.COCC1CCC(Oc2ccc(-c3ccc(-c4n[nH]c(C(F)(F)F)n4)cc3)cn2)CC1.O=CO. The second-order valence-electron chi connectivity index (χ2n) is 7.79. The quantitative estimate of drug-likeness (QED) is 0.401. The van der Waals surface area contributed by atoms with E-state index in [1.54, 1.807) is 37.6 Å². The van der Waals surface area contributed by atoms with E-state index >= 15 is 0 Å². The molecule has 0 aliphatic heterocycles. The highest BCUT2D eigenvalue weighted by Crippen LogP contribution is 2.30. The van der Waals surface area contributed by atoms with Crippen molar-refractivity contribution < 1.29 is 32.5 Å². The van der Waals surface area contributed by atoms with Crippen molar-refractivity contribution in [3.8, 4) is 28.4 Å². The maximum absolute atomic E-state index is 12.7. The molecular weight excluding hydrogens is 477 g/mol. The van der Waals surface area contributed by atoms with Crippen LogP contribution in [0.15, 0.2) is 42.6 Å². The van der Waals surface area contributed by atoms with Crippen LogP contribution in [0.2, 0.25) is 0 Å². The smallest absolute Gasteiger partial charge is 0.451 e. The molecule has 4 rings (SSSR count). The third-order valence-corrected chi connectivity index (χ3v) is 5.45. The Balaban J connectivity index is 0.000000850. The Kier molecular flexibility index (Phi) is 11.3. The summed E-state index contributed by atoms with van der Waals surface area (Å²) in [6.07, 6.45) is 1.54. The third-order valence-electron chi connectivity index (χ3n) is 5.45. The number of H-pyrrole nitrogens is 1. The van der Waals surface area contributed by atoms with E-state index in [-0.39, 0.29) is 18.4 Å². The number of nitrogens with zero attached hydrogens (tertiary/aromatic N) is 3. The van der Waals surface area contributed by atoms with Crippen LogP contribution in [0.1, 0.15) is 45.4 Å². The van der Waals surface area contributed by atoms with Crippen molar-refractivity contribution in [1.29, 1.82) is 0 Å². The summed E-state index contributed by atoms with van der Waals surface area (Å²) in [4.78, 5) is 16.3. The van der Waals surface area contributed by atoms with Gasteiger partial charge in [-0.3, -0.25) is 9.89 Å². The maximum atomic E-state index is 12.7. The van der Waals surface area contributed by atoms with Crippen molar-refractivity contribution in [1.82, 2.24) is 20.2 Å². The molecule has 1 fully saturated rings. The molecule has 2 N–H and O–H groups in total. The standard InChI is InChI=1S/C22H23F3N4O2.C2H6.CH2O2/c1-30-13-14-2-9-18(10-3-14)31-19-11-8-17(12-26-19)15-4-6-16(7-5-15)20-27-21(29-28-20)22(23,24)25;1-2;2-1-3/h4-8,11-12,14,18H,2-3,9-10,13H2,1H3,(H,27,28,29);1-2H3;1H,(H,2,3). The zero-order valence-corrected chi connectivity index (χ0v) is 20.5. The van der Waals surface area contributed by atoms with Gasteiger partial charge < -0.3 is 14.6 Å². The van der Waals surface area contributed by atoms with Gasteiger partial charge >= 0.3 is 6.18 Å². The second-order valence-corrected chi connectivity index (χ2v) is 7.79. The average molecular weight is 509 g/mol. The molecule has 0 atom stereocenters. The summed E-state index contributed by atoms with van der Waals surface area (Å²) in [6, 6.07) is 10.7. The minimum absolute atomic E-state index is 0.000896. The predicted octanol–water partition coefficient (Wildman–Crippen LogP) is 5.86. The van der Waals surface area contributed by atoms with E-state index in [4.69, 9.17) is 19.4 Å². The average Bonchev–Trinajstić information content (AvgIpc) is 3.39. The number of halogens is 3. The van der Waals surface area contributed by atoms with E-state index in [0.29, 0.717) is 17.4 Å². The lowest BCUT2D eigenvalue weighted by atomic mass is 9.88. The van der Waals surface area contributed by atoms with Crippen LogP contribution in [0, 0.1) is 5.92 Å². The van der Waals surface area contributed by atoms with Crippen LogP contribution in [0.5, 0.6) is 5.88 Å². The fraction of sp³-hybridized carbons (Fsp3) is 0.440. The lowest BCUT2D eigenvalue weighted by molar-refractivity contribution is -0.144. The highest BCUT2D eigenvalue weighted by Gasteiger charge is 2.35. The predicted molar refractivity (Wildman–Crippen MR) is 128 cm³/mol. The number of nitrogens with one attached hydrogen (secondary N) is 1. The first-order valence-corrected chi connectivity index (χ1v) is 11.6. The zero-order valence-electron chi connectivity index (χ0n) is 20.5. The maximum Gasteiger partial charge on any atom is 0.451 e. The van der Waals surface area contributed by atoms with Gasteiger partial charge in [0.2, 0.25) is 11.7 Å². The fourth-order valence-electron chi connectivity index (χ4n) is 3.77. The first kappa shape index (κ1) is 28.8. The topological polar surface area (TPSA) is 110 Å². The lowest BCUT2D eigenvalue weighted by Crippen LogP contribution is -2.26. The number of aromatic amines is 1. The molecule has 1 aliphatic carbocycles. The highest BCUT2D eigenvalue weighted by molar-refractivity contribution is 5.67. The van der Waals surface area contributed by atoms with Crippen LogP contribution in [0.3, 0.4) is 0 Å². The molecule has 0 unspecified atom stereocenters. The molecule has 0 amide bonds. The summed E-state index contributed by atoms with van der Waals surface area (Å²) in [5.74, 6) is 0.0929. The Morgan fingerprint density at radius 1 is 1.03 bits per heavy atom. The van der Waals surface area contributed by atoms with Crippen molar-refractivity contribution in [2.45, 2.75) is 51.8 Å². The Labute approximate surface area is 207 Å². The molecule has 36 heavy (non-hydrogen) atoms. The molecule has 3 aromatic rings. The van der Waals surface area contributed by atoms with Crippen LogP contribution in [-0.2, 0) is 15.7 Å². The summed E-state index contributed by atoms with van der Waals surface area (Å²) in [5, 5.41) is 12.5. The molecular formula is C25H31F3N4O4. The van der Waals surface area contributed by atoms with Crippen molar-refractivity contribution in [2.75, 3.05) is 13.7 Å². The number of carbonyl (C=O) groups is 1. The van der Waals surface area contributed by atoms with Crippen molar-refractivity contribution in [3.05, 3.63) is 48.4 Å². The summed E-state index contributed by atoms with van der Waals surface area (Å²) >= 11 is 0. The Hall–Kier alpha value is -3.47. The van der Waals surface area contributed by atoms with E-state index in [0.717, 1.165) is 43.4 Å². The van der Waals surface area contributed by atoms with Gasteiger partial charge in [-0.05, 0) is 43.2 Å². The van der Waals surface area contributed by atoms with Crippen molar-refractivity contribution in [2.24, 2.45) is 5.92 Å². The number of ether oxygens (including phenoxy) is 2. The molecule has 2 heterocycles. The second kappa shape index (κ2) is 14.2. The molecule has 0 saturated heterocycles. The van der Waals surface area contributed by atoms with Gasteiger partial charge in [-0.1, -0.05) is 38.1 Å². The molecule has 0 radical (unpaired) electrons. The van der Waals surface area contributed by atoms with Gasteiger partial charge in [0, 0.05) is 37.1 Å². The Bertz CT molecular complexity index is 1030. The lowest BCUT2D eigenvalue weighted by Gasteiger charge is -2.28. The number of rotatable bonds is 6. The number of hydrogen-bond donors (Lipinski definition) is 2. The summed E-state index contributed by atoms with van der Waals surface area (Å²) in [5.41, 5.74) is 2.26. The molecule has 2 aromatic heterocycles. The summed E-state index contributed by atoms with van der Waals surface area (Å²) in [6.45, 7) is 4.55. The van der Waals surface area contributed by atoms with Gasteiger partial charge in [0.15, 0.2) is 5.82 Å². The molecule has 1 aliphatic rings. The van der Waals surface area contributed by atoms with Crippen LogP contribution in [0.25, 0.3) is 22.5 Å². The van der Waals surface area contributed by atoms with Gasteiger partial charge in [-0.2, -0.15) is 18.3 Å². The van der Waals surface area contributed by atoms with Crippen LogP contribution >= 0.6 is 0 Å². The highest BCUT2D eigenvalue weighted by atomic mass is 19.4. The summed E-state index contributed by atoms with van der Waals surface area (Å²) < 4.78 is 49.3. The Morgan fingerprint density at radius 3 is 2.11 bits per heavy atom. The van der Waals surface area contributed by atoms with Crippen molar-refractivity contribution >= 4 is 6.47 Å². The van der Waals surface area contributed by atoms with Crippen LogP contribution in [-0.4, -0.2) is 51.6 Å². The fourth-order valence-corrected chi connectivity index (χ4v) is 3.77. The normalized spacial score (nSPS) is 17.2. The zero-order chi connectivity index (χ0) is 26.6. The number of pyridine rings is 1. The van der Waals surface area contributed by atoms with Crippen molar-refractivity contribution in [3.63, 3.8) is 0 Å². The van der Waals surface area contributed by atoms with Gasteiger partial charge in [0.25, 0.3) is 6.47 Å². The summed E-state index contributed by atoms with van der Waals surface area (Å²) in [7, 11) is 1.74. The largest absolute Gasteiger partial charge is 0.483 e. The van der Waals surface area contributed by atoms with Gasteiger partial charge in [0.05, 0.1) is 0 Å². The number of hydrogen-bond acceptors (Lipinski definition) is 6. The minimum atomic E-state index is -4.55. The minimum Gasteiger partial charge on any atom is -0.483 e. The first-order chi connectivity index (χ1) is 17.3. The van der Waals surface area contributed by atoms with E-state index in [9.17, 15) is 13.2 Å². The van der Waals surface area contributed by atoms with Crippen LogP contribution < -0.4 is 4.74 Å². The molecule has 11 heteroatoms. The Morgan fingerprint density at radius 2 is 1.61 bits per heavy atom. The van der Waals surface area contributed by atoms with E-state index in [1.807, 2.05) is 31.1 Å². The number of carboxylic acid groups (broad SMARTS) is 1. The molecule has 1 saturated carbocycles. The number of aromatic nitrogens is 4. The number of methoxy groups -OCH3 is 1. The van der Waals surface area contributed by atoms with Gasteiger partial charge in [-0.25, -0.2) is 9.97 Å². The van der Waals surface area contributed by atoms with Gasteiger partial charge in [0.1, 0.15) is 6.10 Å². The van der Waals surface area contributed by atoms with E-state index in [1.165, 1.54) is 0 Å².